The van der Waals surface area contributed by atoms with Crippen molar-refractivity contribution in [3.8, 4) is 11.8 Å². The van der Waals surface area contributed by atoms with Gasteiger partial charge in [-0.3, -0.25) is 0 Å². The van der Waals surface area contributed by atoms with Gasteiger partial charge in [-0.05, 0) is 18.6 Å². The number of hydrogen-bond acceptors (Lipinski definition) is 1. The number of benzene rings is 1. The van der Waals surface area contributed by atoms with Crippen molar-refractivity contribution in [1.29, 1.82) is 0 Å². The Morgan fingerprint density at radius 2 is 2.00 bits per heavy atom. The molecule has 0 heterocycles. The number of halogens is 2. The van der Waals surface area contributed by atoms with Gasteiger partial charge in [-0.1, -0.05) is 11.8 Å². The van der Waals surface area contributed by atoms with Crippen molar-refractivity contribution in [2.45, 2.75) is 6.92 Å². The van der Waals surface area contributed by atoms with E-state index in [1.54, 1.807) is 0 Å². The SMILES string of the molecule is Cc1cc(C#CCO)c(F)cc1F. The Bertz CT molecular complexity index is 374. The Morgan fingerprint density at radius 3 is 2.62 bits per heavy atom. The molecule has 0 radical (unpaired) electrons. The molecule has 0 aromatic heterocycles. The Hall–Kier alpha value is -1.40. The highest BCUT2D eigenvalue weighted by molar-refractivity contribution is 5.38. The summed E-state index contributed by atoms with van der Waals surface area (Å²) < 4.78 is 25.7. The van der Waals surface area contributed by atoms with Crippen LogP contribution >= 0.6 is 0 Å². The van der Waals surface area contributed by atoms with Crippen molar-refractivity contribution in [2.24, 2.45) is 0 Å². The number of aliphatic hydroxyl groups is 1. The maximum atomic E-state index is 12.9. The summed E-state index contributed by atoms with van der Waals surface area (Å²) in [6.45, 7) is 1.19. The molecule has 3 heteroatoms. The third-order valence-electron chi connectivity index (χ3n) is 1.55. The molecule has 1 N–H and O–H groups in total. The van der Waals surface area contributed by atoms with E-state index in [9.17, 15) is 8.78 Å². The van der Waals surface area contributed by atoms with E-state index in [4.69, 9.17) is 5.11 Å². The third-order valence-corrected chi connectivity index (χ3v) is 1.55. The van der Waals surface area contributed by atoms with Crippen LogP contribution in [-0.2, 0) is 0 Å². The van der Waals surface area contributed by atoms with Crippen LogP contribution < -0.4 is 0 Å². The summed E-state index contributed by atoms with van der Waals surface area (Å²) in [5.41, 5.74) is 0.441. The number of aliphatic hydroxyl groups excluding tert-OH is 1. The zero-order chi connectivity index (χ0) is 9.84. The second-order valence-electron chi connectivity index (χ2n) is 2.54. The van der Waals surface area contributed by atoms with E-state index >= 15 is 0 Å². The van der Waals surface area contributed by atoms with Gasteiger partial charge in [-0.15, -0.1) is 0 Å². The Kier molecular flexibility index (Phi) is 2.99. The molecule has 1 nitrogen and oxygen atoms in total. The molecular formula is C10H8F2O. The highest BCUT2D eigenvalue weighted by Crippen LogP contribution is 2.12. The zero-order valence-electron chi connectivity index (χ0n) is 7.06. The van der Waals surface area contributed by atoms with E-state index in [-0.39, 0.29) is 12.2 Å². The third kappa shape index (κ3) is 2.27. The van der Waals surface area contributed by atoms with E-state index in [0.29, 0.717) is 5.56 Å². The van der Waals surface area contributed by atoms with Crippen LogP contribution in [0.1, 0.15) is 11.1 Å². The summed E-state index contributed by atoms with van der Waals surface area (Å²) in [6, 6.07) is 2.10. The van der Waals surface area contributed by atoms with Gasteiger partial charge in [0.05, 0.1) is 5.56 Å². The fourth-order valence-electron chi connectivity index (χ4n) is 0.888. The molecule has 0 spiro atoms. The first-order chi connectivity index (χ1) is 6.15. The Morgan fingerprint density at radius 1 is 1.31 bits per heavy atom. The first kappa shape index (κ1) is 9.69. The van der Waals surface area contributed by atoms with Gasteiger partial charge < -0.3 is 5.11 Å². The lowest BCUT2D eigenvalue weighted by Crippen LogP contribution is -1.90. The normalized spacial score (nSPS) is 9.23. The van der Waals surface area contributed by atoms with E-state index in [1.807, 2.05) is 0 Å². The highest BCUT2D eigenvalue weighted by atomic mass is 19.1. The minimum atomic E-state index is -0.705. The maximum absolute atomic E-state index is 12.9. The average molecular weight is 182 g/mol. The quantitative estimate of drug-likeness (QED) is 0.604. The van der Waals surface area contributed by atoms with Crippen molar-refractivity contribution in [3.05, 3.63) is 34.9 Å². The summed E-state index contributed by atoms with van der Waals surface area (Å²) in [5.74, 6) is 3.39. The predicted molar refractivity (Wildman–Crippen MR) is 45.1 cm³/mol. The van der Waals surface area contributed by atoms with Gasteiger partial charge in [0.1, 0.15) is 18.2 Å². The summed E-state index contributed by atoms with van der Waals surface area (Å²) in [7, 11) is 0. The molecule has 0 aliphatic heterocycles. The van der Waals surface area contributed by atoms with Gasteiger partial charge in [-0.25, -0.2) is 8.78 Å². The monoisotopic (exact) mass is 182 g/mol. The lowest BCUT2D eigenvalue weighted by molar-refractivity contribution is 0.350. The molecule has 0 atom stereocenters. The van der Waals surface area contributed by atoms with Crippen molar-refractivity contribution in [2.75, 3.05) is 6.61 Å². The largest absolute Gasteiger partial charge is 0.384 e. The molecule has 0 bridgehead atoms. The van der Waals surface area contributed by atoms with E-state index in [0.717, 1.165) is 6.07 Å². The van der Waals surface area contributed by atoms with Crippen LogP contribution in [0.15, 0.2) is 12.1 Å². The predicted octanol–water partition coefficient (Wildman–Crippen LogP) is 1.62. The smallest absolute Gasteiger partial charge is 0.141 e. The summed E-state index contributed by atoms with van der Waals surface area (Å²) in [4.78, 5) is 0. The van der Waals surface area contributed by atoms with Gasteiger partial charge in [0, 0.05) is 6.07 Å². The van der Waals surface area contributed by atoms with Gasteiger partial charge in [0.25, 0.3) is 0 Å². The molecule has 68 valence electrons. The number of hydrogen-bond donors (Lipinski definition) is 1. The van der Waals surface area contributed by atoms with Crippen molar-refractivity contribution < 1.29 is 13.9 Å². The minimum absolute atomic E-state index is 0.105. The molecule has 0 aliphatic rings. The second-order valence-corrected chi connectivity index (χ2v) is 2.54. The second kappa shape index (κ2) is 4.01. The van der Waals surface area contributed by atoms with Crippen LogP contribution in [0, 0.1) is 30.4 Å². The maximum Gasteiger partial charge on any atom is 0.141 e. The summed E-state index contributed by atoms with van der Waals surface area (Å²) >= 11 is 0. The van der Waals surface area contributed by atoms with Crippen LogP contribution in [0.25, 0.3) is 0 Å². The zero-order valence-corrected chi connectivity index (χ0v) is 7.06. The average Bonchev–Trinajstić information content (AvgIpc) is 2.09. The number of aryl methyl sites for hydroxylation is 1. The van der Waals surface area contributed by atoms with Gasteiger partial charge in [-0.2, -0.15) is 0 Å². The molecule has 13 heavy (non-hydrogen) atoms. The van der Waals surface area contributed by atoms with Gasteiger partial charge in [0.15, 0.2) is 0 Å². The van der Waals surface area contributed by atoms with Crippen LogP contribution in [0.3, 0.4) is 0 Å². The first-order valence-electron chi connectivity index (χ1n) is 3.70. The molecule has 0 saturated carbocycles. The molecule has 0 amide bonds. The first-order valence-corrected chi connectivity index (χ1v) is 3.70. The lowest BCUT2D eigenvalue weighted by atomic mass is 10.1. The van der Waals surface area contributed by atoms with Crippen LogP contribution in [0.2, 0.25) is 0 Å². The Balaban J connectivity index is 3.16. The van der Waals surface area contributed by atoms with Crippen molar-refractivity contribution in [1.82, 2.24) is 0 Å². The van der Waals surface area contributed by atoms with Crippen molar-refractivity contribution >= 4 is 0 Å². The summed E-state index contributed by atoms with van der Waals surface area (Å²) in [6.07, 6.45) is 0. The van der Waals surface area contributed by atoms with E-state index in [1.165, 1.54) is 13.0 Å². The molecule has 0 aliphatic carbocycles. The minimum Gasteiger partial charge on any atom is -0.384 e. The van der Waals surface area contributed by atoms with Crippen LogP contribution in [0.5, 0.6) is 0 Å². The molecule has 0 fully saturated rings. The van der Waals surface area contributed by atoms with Crippen molar-refractivity contribution in [3.63, 3.8) is 0 Å². The molecule has 0 saturated heterocycles. The molecule has 0 unspecified atom stereocenters. The summed E-state index contributed by atoms with van der Waals surface area (Å²) in [5, 5.41) is 8.37. The van der Waals surface area contributed by atoms with E-state index < -0.39 is 11.6 Å². The van der Waals surface area contributed by atoms with Crippen LogP contribution in [0.4, 0.5) is 8.78 Å². The molecule has 1 aromatic carbocycles. The van der Waals surface area contributed by atoms with E-state index in [2.05, 4.69) is 11.8 Å². The fraction of sp³-hybridized carbons (Fsp3) is 0.200. The van der Waals surface area contributed by atoms with Gasteiger partial charge >= 0.3 is 0 Å². The molecule has 1 aromatic rings. The lowest BCUT2D eigenvalue weighted by Gasteiger charge is -1.98. The van der Waals surface area contributed by atoms with Gasteiger partial charge in [0.2, 0.25) is 0 Å². The van der Waals surface area contributed by atoms with Crippen LogP contribution in [-0.4, -0.2) is 11.7 Å². The molecular weight excluding hydrogens is 174 g/mol. The standard InChI is InChI=1S/C10H8F2O/c1-7-5-8(3-2-4-13)10(12)6-9(7)11/h5-6,13H,4H2,1H3. The highest BCUT2D eigenvalue weighted by Gasteiger charge is 2.04. The topological polar surface area (TPSA) is 20.2 Å². The molecule has 1 rings (SSSR count). The number of rotatable bonds is 0. The Labute approximate surface area is 75.0 Å². The fourth-order valence-corrected chi connectivity index (χ4v) is 0.888.